The van der Waals surface area contributed by atoms with Gasteiger partial charge in [0.15, 0.2) is 12.2 Å². The van der Waals surface area contributed by atoms with Crippen LogP contribution in [-0.4, -0.2) is 96.7 Å². The van der Waals surface area contributed by atoms with Crippen molar-refractivity contribution in [1.82, 2.24) is 0 Å². The van der Waals surface area contributed by atoms with Crippen LogP contribution in [0.2, 0.25) is 0 Å². The van der Waals surface area contributed by atoms with E-state index in [0.29, 0.717) is 25.7 Å². The van der Waals surface area contributed by atoms with Crippen LogP contribution >= 0.6 is 15.6 Å². The average Bonchev–Trinajstić information content (AvgIpc) is 0.906. The maximum Gasteiger partial charge on any atom is 0.472 e. The van der Waals surface area contributed by atoms with Gasteiger partial charge < -0.3 is 33.8 Å². The highest BCUT2D eigenvalue weighted by Crippen LogP contribution is 2.45. The summed E-state index contributed by atoms with van der Waals surface area (Å²) in [5, 5.41) is 10.7. The van der Waals surface area contributed by atoms with Crippen molar-refractivity contribution in [2.75, 3.05) is 39.6 Å². The molecule has 0 saturated heterocycles. The van der Waals surface area contributed by atoms with Crippen molar-refractivity contribution < 1.29 is 80.2 Å². The van der Waals surface area contributed by atoms with E-state index in [1.165, 1.54) is 257 Å². The van der Waals surface area contributed by atoms with Gasteiger partial charge in [-0.15, -0.1) is 0 Å². The third-order valence-corrected chi connectivity index (χ3v) is 21.4. The molecule has 19 heteroatoms. The second kappa shape index (κ2) is 74.5. The van der Waals surface area contributed by atoms with E-state index in [-0.39, 0.29) is 25.7 Å². The number of phosphoric ester groups is 2. The second-order valence-electron chi connectivity index (χ2n) is 30.8. The van der Waals surface area contributed by atoms with Crippen molar-refractivity contribution >= 4 is 39.5 Å². The van der Waals surface area contributed by atoms with Crippen LogP contribution in [0, 0.1) is 11.8 Å². The topological polar surface area (TPSA) is 237 Å². The van der Waals surface area contributed by atoms with Gasteiger partial charge in [0.05, 0.1) is 26.4 Å². The molecule has 0 fully saturated rings. The molecule has 5 atom stereocenters. The van der Waals surface area contributed by atoms with Gasteiger partial charge in [-0.05, 0) is 37.5 Å². The third-order valence-electron chi connectivity index (χ3n) is 19.5. The van der Waals surface area contributed by atoms with Crippen molar-refractivity contribution in [2.24, 2.45) is 11.8 Å². The molecule has 0 rings (SSSR count). The Morgan fingerprint density at radius 1 is 0.265 bits per heavy atom. The first-order chi connectivity index (χ1) is 49.4. The Morgan fingerprint density at radius 2 is 0.451 bits per heavy atom. The smallest absolute Gasteiger partial charge is 0.462 e. The largest absolute Gasteiger partial charge is 0.472 e. The minimum Gasteiger partial charge on any atom is -0.462 e. The van der Waals surface area contributed by atoms with Crippen LogP contribution in [0.4, 0.5) is 0 Å². The van der Waals surface area contributed by atoms with Crippen LogP contribution in [0.5, 0.6) is 0 Å². The third kappa shape index (κ3) is 76.3. The molecule has 0 aromatic carbocycles. The van der Waals surface area contributed by atoms with E-state index in [4.69, 9.17) is 37.0 Å². The van der Waals surface area contributed by atoms with Crippen molar-refractivity contribution in [3.8, 4) is 0 Å². The number of phosphoric acid groups is 2. The predicted octanol–water partition coefficient (Wildman–Crippen LogP) is 25.1. The number of carbonyl (C=O) groups is 4. The molecule has 0 radical (unpaired) electrons. The van der Waals surface area contributed by atoms with E-state index in [9.17, 15) is 43.2 Å². The number of esters is 4. The fourth-order valence-electron chi connectivity index (χ4n) is 12.9. The van der Waals surface area contributed by atoms with Crippen LogP contribution < -0.4 is 0 Å². The van der Waals surface area contributed by atoms with Gasteiger partial charge in [-0.1, -0.05) is 388 Å². The molecular weight excluding hydrogens is 1330 g/mol. The zero-order chi connectivity index (χ0) is 74.9. The Labute approximate surface area is 626 Å². The van der Waals surface area contributed by atoms with E-state index in [1.54, 1.807) is 0 Å². The summed E-state index contributed by atoms with van der Waals surface area (Å²) in [7, 11) is -9.92. The molecular formula is C83H162O17P2. The number of ether oxygens (including phenoxy) is 4. The average molecular weight is 1490 g/mol. The highest BCUT2D eigenvalue weighted by atomic mass is 31.2. The Bertz CT molecular complexity index is 1960. The minimum atomic E-state index is -4.96. The molecule has 0 aliphatic rings. The van der Waals surface area contributed by atoms with E-state index in [2.05, 4.69) is 41.5 Å². The quantitative estimate of drug-likeness (QED) is 0.0222. The lowest BCUT2D eigenvalue weighted by Crippen LogP contribution is -2.30. The van der Waals surface area contributed by atoms with E-state index in [0.717, 1.165) is 102 Å². The Morgan fingerprint density at radius 3 is 0.667 bits per heavy atom. The monoisotopic (exact) mass is 1490 g/mol. The second-order valence-corrected chi connectivity index (χ2v) is 33.7. The number of rotatable bonds is 82. The van der Waals surface area contributed by atoms with Crippen molar-refractivity contribution in [3.05, 3.63) is 0 Å². The Balaban J connectivity index is 5.23. The molecule has 0 spiro atoms. The molecule has 3 N–H and O–H groups in total. The standard InChI is InChI=1S/C83H162O17P2/c1-7-9-11-13-15-17-19-20-21-22-23-24-25-28-32-37-43-49-55-61-67-82(87)99-79(72-94-81(86)66-60-54-48-42-36-31-29-26-27-30-34-39-45-51-57-63-75(3)4)74-98-102(91,92)96-70-77(84)69-95-101(89,90)97-73-78(71-93-80(85)65-59-53-47-41-18-16-14-12-10-8-2)100-83(88)68-62-56-50-44-38-33-35-40-46-52-58-64-76(5)6/h75-79,84H,7-74H2,1-6H3,(H,89,90)(H,91,92)/t77-,78+,79+/m0/s1. The van der Waals surface area contributed by atoms with E-state index >= 15 is 0 Å². The van der Waals surface area contributed by atoms with Gasteiger partial charge in [-0.3, -0.25) is 37.3 Å². The molecule has 0 aromatic rings. The number of hydrogen-bond donors (Lipinski definition) is 3. The number of unbranched alkanes of at least 4 members (excludes halogenated alkanes) is 52. The fourth-order valence-corrected chi connectivity index (χ4v) is 14.5. The lowest BCUT2D eigenvalue weighted by atomic mass is 10.0. The minimum absolute atomic E-state index is 0.107. The molecule has 102 heavy (non-hydrogen) atoms. The van der Waals surface area contributed by atoms with Crippen LogP contribution in [0.25, 0.3) is 0 Å². The van der Waals surface area contributed by atoms with Crippen molar-refractivity contribution in [2.45, 2.75) is 458 Å². The Hall–Kier alpha value is -1.94. The number of aliphatic hydroxyl groups excluding tert-OH is 1. The highest BCUT2D eigenvalue weighted by Gasteiger charge is 2.30. The van der Waals surface area contributed by atoms with Crippen LogP contribution in [-0.2, 0) is 65.4 Å². The summed E-state index contributed by atoms with van der Waals surface area (Å²) in [4.78, 5) is 73.1. The first-order valence-corrected chi connectivity index (χ1v) is 46.0. The van der Waals surface area contributed by atoms with Gasteiger partial charge in [0.2, 0.25) is 0 Å². The van der Waals surface area contributed by atoms with Gasteiger partial charge in [0, 0.05) is 25.7 Å². The summed E-state index contributed by atoms with van der Waals surface area (Å²) in [6.07, 6.45) is 65.2. The zero-order valence-corrected chi connectivity index (χ0v) is 68.7. The van der Waals surface area contributed by atoms with E-state index < -0.39 is 97.5 Å². The van der Waals surface area contributed by atoms with Crippen LogP contribution in [0.1, 0.15) is 440 Å². The van der Waals surface area contributed by atoms with Crippen LogP contribution in [0.15, 0.2) is 0 Å². The maximum atomic E-state index is 13.1. The first kappa shape index (κ1) is 100. The molecule has 0 aliphatic heterocycles. The van der Waals surface area contributed by atoms with Crippen LogP contribution in [0.3, 0.4) is 0 Å². The number of aliphatic hydroxyl groups is 1. The normalized spacial score (nSPS) is 13.9. The summed E-state index contributed by atoms with van der Waals surface area (Å²) in [5.74, 6) is -0.534. The van der Waals surface area contributed by atoms with E-state index in [1.807, 2.05) is 0 Å². The molecule has 17 nitrogen and oxygen atoms in total. The summed E-state index contributed by atoms with van der Waals surface area (Å²) in [5.41, 5.74) is 0. The first-order valence-electron chi connectivity index (χ1n) is 43.0. The molecule has 0 saturated carbocycles. The zero-order valence-electron chi connectivity index (χ0n) is 66.9. The highest BCUT2D eigenvalue weighted by molar-refractivity contribution is 7.47. The SMILES string of the molecule is CCCCCCCCCCCCCCCCCCCCCCC(=O)O[C@H](COC(=O)CCCCCCCCCCCCCCCCCC(C)C)COP(=O)(O)OC[C@@H](O)COP(=O)(O)OC[C@@H](COC(=O)CCCCCCCCCCCC)OC(=O)CCCCCCCCCCCCCC(C)C. The lowest BCUT2D eigenvalue weighted by Gasteiger charge is -2.21. The Kier molecular flexibility index (Phi) is 73.1. The van der Waals surface area contributed by atoms with Gasteiger partial charge in [-0.25, -0.2) is 9.13 Å². The lowest BCUT2D eigenvalue weighted by molar-refractivity contribution is -0.161. The fraction of sp³-hybridized carbons (Fsp3) is 0.952. The maximum absolute atomic E-state index is 13.1. The van der Waals surface area contributed by atoms with Gasteiger partial charge >= 0.3 is 39.5 Å². The van der Waals surface area contributed by atoms with Gasteiger partial charge in [-0.2, -0.15) is 0 Å². The molecule has 0 amide bonds. The molecule has 0 aromatic heterocycles. The summed E-state index contributed by atoms with van der Waals surface area (Å²) < 4.78 is 68.8. The molecule has 0 bridgehead atoms. The number of carbonyl (C=O) groups excluding carboxylic acids is 4. The summed E-state index contributed by atoms with van der Waals surface area (Å²) >= 11 is 0. The van der Waals surface area contributed by atoms with Crippen molar-refractivity contribution in [1.29, 1.82) is 0 Å². The molecule has 0 aliphatic carbocycles. The predicted molar refractivity (Wildman–Crippen MR) is 418 cm³/mol. The summed E-state index contributed by atoms with van der Waals surface area (Å²) in [6.45, 7) is 9.67. The van der Waals surface area contributed by atoms with Crippen molar-refractivity contribution in [3.63, 3.8) is 0 Å². The van der Waals surface area contributed by atoms with Gasteiger partial charge in [0.1, 0.15) is 19.3 Å². The molecule has 606 valence electrons. The van der Waals surface area contributed by atoms with Gasteiger partial charge in [0.25, 0.3) is 0 Å². The number of hydrogen-bond acceptors (Lipinski definition) is 15. The molecule has 2 unspecified atom stereocenters. The molecule has 0 heterocycles. The summed E-state index contributed by atoms with van der Waals surface area (Å²) in [6, 6.07) is 0.